The molecule has 1 aliphatic carbocycles. The van der Waals surface area contributed by atoms with Crippen molar-refractivity contribution in [2.75, 3.05) is 6.61 Å². The quantitative estimate of drug-likeness (QED) is 0.638. The van der Waals surface area contributed by atoms with E-state index >= 15 is 0 Å². The predicted molar refractivity (Wildman–Crippen MR) is 65.6 cm³/mol. The summed E-state index contributed by atoms with van der Waals surface area (Å²) in [7, 11) is 0. The van der Waals surface area contributed by atoms with Crippen LogP contribution in [0, 0.1) is 5.92 Å². The molecular formula is C14H26O2. The van der Waals surface area contributed by atoms with E-state index in [2.05, 4.69) is 27.7 Å². The van der Waals surface area contributed by atoms with Crippen molar-refractivity contribution in [3.05, 3.63) is 0 Å². The lowest BCUT2D eigenvalue weighted by Crippen LogP contribution is -2.53. The average molecular weight is 226 g/mol. The van der Waals surface area contributed by atoms with E-state index in [1.807, 2.05) is 0 Å². The summed E-state index contributed by atoms with van der Waals surface area (Å²) in [6.07, 6.45) is 7.14. The third kappa shape index (κ3) is 2.78. The van der Waals surface area contributed by atoms with Gasteiger partial charge in [0.15, 0.2) is 0 Å². The van der Waals surface area contributed by atoms with Crippen molar-refractivity contribution in [3.63, 3.8) is 0 Å². The highest BCUT2D eigenvalue weighted by Gasteiger charge is 2.47. The third-order valence-electron chi connectivity index (χ3n) is 4.39. The van der Waals surface area contributed by atoms with Gasteiger partial charge in [0.25, 0.3) is 0 Å². The van der Waals surface area contributed by atoms with Gasteiger partial charge in [0.1, 0.15) is 0 Å². The molecule has 0 aromatic heterocycles. The lowest BCUT2D eigenvalue weighted by Gasteiger charge is -2.54. The van der Waals surface area contributed by atoms with E-state index in [-0.39, 0.29) is 11.2 Å². The van der Waals surface area contributed by atoms with Crippen molar-refractivity contribution in [2.24, 2.45) is 5.92 Å². The Morgan fingerprint density at radius 3 is 1.88 bits per heavy atom. The van der Waals surface area contributed by atoms with Crippen LogP contribution in [0.2, 0.25) is 0 Å². The van der Waals surface area contributed by atoms with Crippen LogP contribution in [0.15, 0.2) is 0 Å². The van der Waals surface area contributed by atoms with Gasteiger partial charge >= 0.3 is 0 Å². The van der Waals surface area contributed by atoms with Gasteiger partial charge in [0.05, 0.1) is 23.9 Å². The van der Waals surface area contributed by atoms with Crippen LogP contribution in [0.3, 0.4) is 0 Å². The summed E-state index contributed by atoms with van der Waals surface area (Å²) in [6, 6.07) is 0. The fourth-order valence-corrected chi connectivity index (χ4v) is 3.05. The van der Waals surface area contributed by atoms with Gasteiger partial charge in [-0.1, -0.05) is 6.92 Å². The molecule has 2 heteroatoms. The highest BCUT2D eigenvalue weighted by molar-refractivity contribution is 4.97. The Bertz CT molecular complexity index is 232. The lowest BCUT2D eigenvalue weighted by molar-refractivity contribution is -0.229. The Hall–Kier alpha value is -0.0800. The fourth-order valence-electron chi connectivity index (χ4n) is 3.05. The van der Waals surface area contributed by atoms with Gasteiger partial charge in [-0.3, -0.25) is 0 Å². The standard InChI is InChI=1S/C10H18O.C4H8O/c1-9(2)8-4-6-10(3,11-9)7-5-8;1-2-4-3-5-4/h8H,4-7H2,1-3H3;4H,2-3H2,1H3. The summed E-state index contributed by atoms with van der Waals surface area (Å²) in [4.78, 5) is 0. The Balaban J connectivity index is 0.000000162. The van der Waals surface area contributed by atoms with Gasteiger partial charge < -0.3 is 9.47 Å². The van der Waals surface area contributed by atoms with E-state index in [1.165, 1.54) is 32.1 Å². The second-order valence-electron chi connectivity index (χ2n) is 6.29. The summed E-state index contributed by atoms with van der Waals surface area (Å²) in [5, 5.41) is 0. The third-order valence-corrected chi connectivity index (χ3v) is 4.39. The first-order valence-corrected chi connectivity index (χ1v) is 6.77. The van der Waals surface area contributed by atoms with E-state index in [9.17, 15) is 0 Å². The van der Waals surface area contributed by atoms with Crippen LogP contribution in [0.5, 0.6) is 0 Å². The first kappa shape index (κ1) is 12.4. The number of fused-ring (bicyclic) bond motifs is 3. The van der Waals surface area contributed by atoms with Crippen molar-refractivity contribution in [3.8, 4) is 0 Å². The van der Waals surface area contributed by atoms with E-state index < -0.39 is 0 Å². The molecule has 2 bridgehead atoms. The summed E-state index contributed by atoms with van der Waals surface area (Å²) in [5.41, 5.74) is 0.378. The van der Waals surface area contributed by atoms with Crippen molar-refractivity contribution < 1.29 is 9.47 Å². The maximum absolute atomic E-state index is 6.06. The van der Waals surface area contributed by atoms with Crippen molar-refractivity contribution in [2.45, 2.75) is 77.1 Å². The highest BCUT2D eigenvalue weighted by atomic mass is 16.6. The van der Waals surface area contributed by atoms with Crippen molar-refractivity contribution >= 4 is 0 Å². The lowest BCUT2D eigenvalue weighted by atomic mass is 9.69. The molecule has 0 amide bonds. The molecule has 0 aromatic rings. The average Bonchev–Trinajstić information content (AvgIpc) is 2.99. The Kier molecular flexibility index (Phi) is 3.33. The van der Waals surface area contributed by atoms with Gasteiger partial charge in [0, 0.05) is 0 Å². The van der Waals surface area contributed by atoms with Gasteiger partial charge in [0.2, 0.25) is 0 Å². The largest absolute Gasteiger partial charge is 0.373 e. The molecule has 3 heterocycles. The summed E-state index contributed by atoms with van der Waals surface area (Å²) in [6.45, 7) is 9.90. The zero-order valence-corrected chi connectivity index (χ0v) is 11.2. The summed E-state index contributed by atoms with van der Waals surface area (Å²) >= 11 is 0. The molecule has 1 atom stereocenters. The first-order chi connectivity index (χ1) is 7.45. The van der Waals surface area contributed by atoms with Crippen LogP contribution >= 0.6 is 0 Å². The van der Waals surface area contributed by atoms with Gasteiger partial charge in [-0.25, -0.2) is 0 Å². The SMILES string of the molecule is CC12CCC(CC1)C(C)(C)O2.CCC1CO1. The topological polar surface area (TPSA) is 21.8 Å². The van der Waals surface area contributed by atoms with Gasteiger partial charge in [-0.05, 0) is 58.8 Å². The molecule has 0 N–H and O–H groups in total. The molecular weight excluding hydrogens is 200 g/mol. The molecule has 94 valence electrons. The number of ether oxygens (including phenoxy) is 2. The van der Waals surface area contributed by atoms with E-state index in [1.54, 1.807) is 0 Å². The molecule has 1 saturated carbocycles. The zero-order chi connectivity index (χ0) is 11.8. The molecule has 4 rings (SSSR count). The van der Waals surface area contributed by atoms with Crippen LogP contribution in [-0.4, -0.2) is 23.9 Å². The Morgan fingerprint density at radius 2 is 1.69 bits per heavy atom. The molecule has 4 aliphatic rings. The number of epoxide rings is 1. The zero-order valence-electron chi connectivity index (χ0n) is 11.2. The Labute approximate surface area is 99.7 Å². The maximum atomic E-state index is 6.06. The molecule has 0 aromatic carbocycles. The van der Waals surface area contributed by atoms with E-state index in [4.69, 9.17) is 9.47 Å². The molecule has 16 heavy (non-hydrogen) atoms. The second-order valence-corrected chi connectivity index (χ2v) is 6.29. The van der Waals surface area contributed by atoms with Gasteiger partial charge in [-0.2, -0.15) is 0 Å². The van der Waals surface area contributed by atoms with Crippen LogP contribution in [0.4, 0.5) is 0 Å². The number of hydrogen-bond donors (Lipinski definition) is 0. The summed E-state index contributed by atoms with van der Waals surface area (Å²) < 4.78 is 10.9. The molecule has 4 fully saturated rings. The minimum absolute atomic E-state index is 0.158. The number of hydrogen-bond acceptors (Lipinski definition) is 2. The van der Waals surface area contributed by atoms with Crippen molar-refractivity contribution in [1.82, 2.24) is 0 Å². The molecule has 0 spiro atoms. The molecule has 1 unspecified atom stereocenters. The molecule has 0 radical (unpaired) electrons. The van der Waals surface area contributed by atoms with E-state index in [0.29, 0.717) is 6.10 Å². The highest BCUT2D eigenvalue weighted by Crippen LogP contribution is 2.49. The first-order valence-electron chi connectivity index (χ1n) is 6.77. The van der Waals surface area contributed by atoms with Crippen molar-refractivity contribution in [1.29, 1.82) is 0 Å². The monoisotopic (exact) mass is 226 g/mol. The van der Waals surface area contributed by atoms with Crippen LogP contribution in [-0.2, 0) is 9.47 Å². The van der Waals surface area contributed by atoms with Gasteiger partial charge in [-0.15, -0.1) is 0 Å². The molecule has 3 aliphatic heterocycles. The predicted octanol–water partition coefficient (Wildman–Crippen LogP) is 3.54. The normalized spacial score (nSPS) is 43.5. The number of rotatable bonds is 1. The molecule has 2 nitrogen and oxygen atoms in total. The van der Waals surface area contributed by atoms with Crippen LogP contribution in [0.25, 0.3) is 0 Å². The molecule has 3 saturated heterocycles. The van der Waals surface area contributed by atoms with E-state index in [0.717, 1.165) is 12.5 Å². The minimum atomic E-state index is 0.158. The Morgan fingerprint density at radius 1 is 1.12 bits per heavy atom. The minimum Gasteiger partial charge on any atom is -0.373 e. The smallest absolute Gasteiger partial charge is 0.0807 e. The van der Waals surface area contributed by atoms with Crippen LogP contribution in [0.1, 0.15) is 59.8 Å². The second kappa shape index (κ2) is 4.30. The summed E-state index contributed by atoms with van der Waals surface area (Å²) in [5.74, 6) is 0.823. The fraction of sp³-hybridized carbons (Fsp3) is 1.00. The van der Waals surface area contributed by atoms with Crippen LogP contribution < -0.4 is 0 Å². The maximum Gasteiger partial charge on any atom is 0.0807 e.